The van der Waals surface area contributed by atoms with Gasteiger partial charge in [0.05, 0.1) is 16.8 Å². The van der Waals surface area contributed by atoms with Gasteiger partial charge in [0.2, 0.25) is 5.91 Å². The molecule has 0 unspecified atom stereocenters. The molecule has 6 nitrogen and oxygen atoms in total. The van der Waals surface area contributed by atoms with Crippen molar-refractivity contribution in [1.29, 1.82) is 5.26 Å². The molecule has 29 heavy (non-hydrogen) atoms. The first kappa shape index (κ1) is 19.0. The van der Waals surface area contributed by atoms with Gasteiger partial charge in [-0.05, 0) is 54.0 Å². The second-order valence-electron chi connectivity index (χ2n) is 7.42. The van der Waals surface area contributed by atoms with Gasteiger partial charge in [0.15, 0.2) is 0 Å². The molecule has 1 saturated carbocycles. The number of fused-ring (bicyclic) bond motifs is 1. The van der Waals surface area contributed by atoms with E-state index in [9.17, 15) is 4.79 Å². The van der Waals surface area contributed by atoms with E-state index in [1.807, 2.05) is 31.2 Å². The van der Waals surface area contributed by atoms with Crippen molar-refractivity contribution in [2.24, 2.45) is 11.8 Å². The Hall–Kier alpha value is -3.30. The highest BCUT2D eigenvalue weighted by atomic mass is 35.5. The number of carbonyl (C=O) groups excluding carboxylic acids is 1. The Morgan fingerprint density at radius 2 is 2.14 bits per heavy atom. The number of pyridine rings is 1. The molecule has 2 atom stereocenters. The van der Waals surface area contributed by atoms with Crippen molar-refractivity contribution in [3.05, 3.63) is 47.1 Å². The van der Waals surface area contributed by atoms with Crippen molar-refractivity contribution in [3.8, 4) is 17.2 Å². The fraction of sp³-hybridized carbons (Fsp3) is 0.227. The maximum atomic E-state index is 12.4. The van der Waals surface area contributed by atoms with Gasteiger partial charge in [-0.3, -0.25) is 4.79 Å². The highest BCUT2D eigenvalue weighted by Gasteiger charge is 2.42. The van der Waals surface area contributed by atoms with Crippen molar-refractivity contribution in [2.45, 2.75) is 19.8 Å². The van der Waals surface area contributed by atoms with Crippen molar-refractivity contribution in [2.75, 3.05) is 16.8 Å². The highest BCUT2D eigenvalue weighted by Crippen LogP contribution is 2.42. The Morgan fingerprint density at radius 3 is 2.90 bits per heavy atom. The zero-order valence-corrected chi connectivity index (χ0v) is 16.6. The topological polar surface area (TPSA) is 118 Å². The van der Waals surface area contributed by atoms with Gasteiger partial charge in [-0.15, -0.1) is 0 Å². The van der Waals surface area contributed by atoms with Gasteiger partial charge in [-0.2, -0.15) is 5.26 Å². The van der Waals surface area contributed by atoms with E-state index in [-0.39, 0.29) is 17.7 Å². The van der Waals surface area contributed by atoms with Crippen LogP contribution < -0.4 is 16.8 Å². The summed E-state index contributed by atoms with van der Waals surface area (Å²) in [5.41, 5.74) is 16.1. The largest absolute Gasteiger partial charge is 0.398 e. The molecule has 4 rings (SSSR count). The first-order valence-corrected chi connectivity index (χ1v) is 9.69. The van der Waals surface area contributed by atoms with Gasteiger partial charge in [0.25, 0.3) is 0 Å². The third-order valence-electron chi connectivity index (χ3n) is 5.53. The third-order valence-corrected chi connectivity index (χ3v) is 5.94. The SMILES string of the molecule is Cc1c(N)cccc1-c1cc2cc(NC(=O)[C@H]3C[C@@H]3CC#N)ncc2c(N)c1Cl. The predicted molar refractivity (Wildman–Crippen MR) is 116 cm³/mol. The average molecular weight is 406 g/mol. The summed E-state index contributed by atoms with van der Waals surface area (Å²) in [5, 5.41) is 13.6. The Labute approximate surface area is 173 Å². The van der Waals surface area contributed by atoms with Gasteiger partial charge in [0.1, 0.15) is 5.82 Å². The van der Waals surface area contributed by atoms with Crippen LogP contribution in [0.25, 0.3) is 21.9 Å². The lowest BCUT2D eigenvalue weighted by Gasteiger charge is -2.14. The van der Waals surface area contributed by atoms with Gasteiger partial charge >= 0.3 is 0 Å². The molecule has 1 heterocycles. The van der Waals surface area contributed by atoms with E-state index >= 15 is 0 Å². The molecule has 3 aromatic rings. The number of hydrogen-bond donors (Lipinski definition) is 3. The number of nitrogens with zero attached hydrogens (tertiary/aromatic N) is 2. The molecule has 1 aliphatic carbocycles. The van der Waals surface area contributed by atoms with Crippen molar-refractivity contribution in [1.82, 2.24) is 4.98 Å². The number of aromatic nitrogens is 1. The molecule has 5 N–H and O–H groups in total. The Kier molecular flexibility index (Phi) is 4.77. The van der Waals surface area contributed by atoms with Gasteiger partial charge in [0, 0.05) is 35.2 Å². The van der Waals surface area contributed by atoms with Crippen LogP contribution in [0.2, 0.25) is 5.02 Å². The van der Waals surface area contributed by atoms with Gasteiger partial charge < -0.3 is 16.8 Å². The normalized spacial score (nSPS) is 17.7. The fourth-order valence-electron chi connectivity index (χ4n) is 3.64. The van der Waals surface area contributed by atoms with E-state index in [0.29, 0.717) is 34.0 Å². The molecule has 146 valence electrons. The lowest BCUT2D eigenvalue weighted by molar-refractivity contribution is -0.117. The highest BCUT2D eigenvalue weighted by molar-refractivity contribution is 6.37. The Bertz CT molecular complexity index is 1180. The van der Waals surface area contributed by atoms with E-state index in [1.54, 1.807) is 12.3 Å². The van der Waals surface area contributed by atoms with Crippen molar-refractivity contribution >= 4 is 45.5 Å². The minimum absolute atomic E-state index is 0.106. The molecule has 1 aromatic heterocycles. The van der Waals surface area contributed by atoms with Crippen LogP contribution in [0.15, 0.2) is 36.5 Å². The molecule has 1 fully saturated rings. The van der Waals surface area contributed by atoms with E-state index in [0.717, 1.165) is 28.5 Å². The molecule has 2 aromatic carbocycles. The number of nitrogens with two attached hydrogens (primary N) is 2. The Morgan fingerprint density at radius 1 is 1.34 bits per heavy atom. The quantitative estimate of drug-likeness (QED) is 0.551. The first-order valence-electron chi connectivity index (χ1n) is 9.31. The summed E-state index contributed by atoms with van der Waals surface area (Å²) in [7, 11) is 0. The minimum Gasteiger partial charge on any atom is -0.398 e. The summed E-state index contributed by atoms with van der Waals surface area (Å²) in [4.78, 5) is 16.7. The maximum Gasteiger partial charge on any atom is 0.228 e. The van der Waals surface area contributed by atoms with Crippen LogP contribution in [0.5, 0.6) is 0 Å². The number of amides is 1. The van der Waals surface area contributed by atoms with E-state index in [4.69, 9.17) is 28.3 Å². The van der Waals surface area contributed by atoms with Crippen LogP contribution in [0, 0.1) is 30.1 Å². The van der Waals surface area contributed by atoms with E-state index in [2.05, 4.69) is 16.4 Å². The fourth-order valence-corrected chi connectivity index (χ4v) is 3.90. The zero-order chi connectivity index (χ0) is 20.7. The van der Waals surface area contributed by atoms with Gasteiger partial charge in [-0.1, -0.05) is 23.7 Å². The molecule has 0 bridgehead atoms. The van der Waals surface area contributed by atoms with Crippen LogP contribution >= 0.6 is 11.6 Å². The summed E-state index contributed by atoms with van der Waals surface area (Å²) in [6, 6.07) is 11.5. The van der Waals surface area contributed by atoms with Crippen LogP contribution in [-0.4, -0.2) is 10.9 Å². The molecule has 0 aliphatic heterocycles. The van der Waals surface area contributed by atoms with Crippen LogP contribution in [0.1, 0.15) is 18.4 Å². The molecule has 7 heteroatoms. The molecule has 1 aliphatic rings. The second-order valence-corrected chi connectivity index (χ2v) is 7.79. The van der Waals surface area contributed by atoms with Crippen LogP contribution in [0.3, 0.4) is 0 Å². The summed E-state index contributed by atoms with van der Waals surface area (Å²) < 4.78 is 0. The third kappa shape index (κ3) is 3.45. The number of rotatable bonds is 4. The number of anilines is 3. The van der Waals surface area contributed by atoms with Crippen LogP contribution in [-0.2, 0) is 4.79 Å². The molecular weight excluding hydrogens is 386 g/mol. The van der Waals surface area contributed by atoms with Crippen molar-refractivity contribution < 1.29 is 4.79 Å². The van der Waals surface area contributed by atoms with Gasteiger partial charge in [-0.25, -0.2) is 4.98 Å². The lowest BCUT2D eigenvalue weighted by atomic mass is 9.96. The standard InChI is InChI=1S/C22H20ClN5O/c1-11-14(3-2-4-18(11)25)16-8-13-9-19(27-10-17(13)21(26)20(16)23)28-22(29)15-7-12(15)5-6-24/h2-4,8-10,12,15H,5,7,25-26H2,1H3,(H,27,28,29)/t12-,15-/m0/s1. The Balaban J connectivity index is 1.71. The summed E-state index contributed by atoms with van der Waals surface area (Å²) in [5.74, 6) is 0.369. The molecule has 0 spiro atoms. The zero-order valence-electron chi connectivity index (χ0n) is 15.9. The average Bonchev–Trinajstić information content (AvgIpc) is 3.47. The number of nitriles is 1. The van der Waals surface area contributed by atoms with Crippen molar-refractivity contribution in [3.63, 3.8) is 0 Å². The number of benzene rings is 2. The maximum absolute atomic E-state index is 12.4. The lowest BCUT2D eigenvalue weighted by Crippen LogP contribution is -2.15. The number of nitrogens with one attached hydrogen (secondary N) is 1. The first-order chi connectivity index (χ1) is 13.9. The van der Waals surface area contributed by atoms with Crippen LogP contribution in [0.4, 0.5) is 17.2 Å². The number of hydrogen-bond acceptors (Lipinski definition) is 5. The molecule has 1 amide bonds. The summed E-state index contributed by atoms with van der Waals surface area (Å²) >= 11 is 6.56. The molecular formula is C22H20ClN5O. The number of carbonyl (C=O) groups is 1. The number of nitrogen functional groups attached to an aromatic ring is 2. The molecule has 0 radical (unpaired) electrons. The molecule has 0 saturated heterocycles. The second kappa shape index (κ2) is 7.26. The smallest absolute Gasteiger partial charge is 0.228 e. The predicted octanol–water partition coefficient (Wildman–Crippen LogP) is 4.52. The minimum atomic E-state index is -0.118. The number of halogens is 1. The summed E-state index contributed by atoms with van der Waals surface area (Å²) in [6.07, 6.45) is 2.76. The van der Waals surface area contributed by atoms with E-state index < -0.39 is 0 Å². The monoisotopic (exact) mass is 405 g/mol. The van der Waals surface area contributed by atoms with E-state index in [1.165, 1.54) is 0 Å². The summed E-state index contributed by atoms with van der Waals surface area (Å²) in [6.45, 7) is 1.94.